The van der Waals surface area contributed by atoms with E-state index < -0.39 is 24.4 Å². The van der Waals surface area contributed by atoms with Gasteiger partial charge in [0, 0.05) is 55.1 Å². The van der Waals surface area contributed by atoms with Gasteiger partial charge in [-0.05, 0) is 66.4 Å². The van der Waals surface area contributed by atoms with Gasteiger partial charge in [0.15, 0.2) is 0 Å². The summed E-state index contributed by atoms with van der Waals surface area (Å²) in [6.07, 6.45) is -2.96. The third-order valence-corrected chi connectivity index (χ3v) is 7.85. The Labute approximate surface area is 265 Å². The second kappa shape index (κ2) is 15.0. The topological polar surface area (TPSA) is 104 Å². The largest absolute Gasteiger partial charge is 0.573 e. The van der Waals surface area contributed by atoms with Crippen LogP contribution in [0.2, 0.25) is 0 Å². The third-order valence-electron chi connectivity index (χ3n) is 7.85. The van der Waals surface area contributed by atoms with E-state index in [0.717, 1.165) is 17.7 Å². The van der Waals surface area contributed by atoms with Gasteiger partial charge in [0.05, 0.1) is 12.1 Å². The number of likely N-dealkylation sites (tertiary alicyclic amines) is 1. The molecule has 0 bridgehead atoms. The predicted octanol–water partition coefficient (Wildman–Crippen LogP) is 5.10. The fourth-order valence-corrected chi connectivity index (χ4v) is 5.54. The smallest absolute Gasteiger partial charge is 0.406 e. The molecule has 0 aliphatic carbocycles. The predicted molar refractivity (Wildman–Crippen MR) is 166 cm³/mol. The lowest BCUT2D eigenvalue weighted by molar-refractivity contribution is -0.274. The number of amides is 2. The van der Waals surface area contributed by atoms with E-state index in [2.05, 4.69) is 20.4 Å². The van der Waals surface area contributed by atoms with Gasteiger partial charge in [-0.25, -0.2) is 0 Å². The Morgan fingerprint density at radius 2 is 1.67 bits per heavy atom. The minimum Gasteiger partial charge on any atom is -0.406 e. The van der Waals surface area contributed by atoms with E-state index in [4.69, 9.17) is 0 Å². The van der Waals surface area contributed by atoms with Crippen LogP contribution in [0.25, 0.3) is 0 Å². The second-order valence-corrected chi connectivity index (χ2v) is 11.2. The lowest BCUT2D eigenvalue weighted by Crippen LogP contribution is -2.48. The van der Waals surface area contributed by atoms with Gasteiger partial charge in [-0.3, -0.25) is 14.6 Å². The van der Waals surface area contributed by atoms with Crippen molar-refractivity contribution in [2.24, 2.45) is 0 Å². The summed E-state index contributed by atoms with van der Waals surface area (Å²) in [5, 5.41) is 17.1. The van der Waals surface area contributed by atoms with Crippen LogP contribution in [0.5, 0.6) is 5.75 Å². The molecule has 2 amide bonds. The number of rotatable bonds is 12. The average Bonchev–Trinajstić information content (AvgIpc) is 3.55. The van der Waals surface area contributed by atoms with Crippen molar-refractivity contribution in [3.05, 3.63) is 131 Å². The first kappa shape index (κ1) is 32.6. The van der Waals surface area contributed by atoms with Gasteiger partial charge < -0.3 is 25.4 Å². The molecule has 1 aromatic heterocycles. The van der Waals surface area contributed by atoms with Crippen molar-refractivity contribution in [3.8, 4) is 5.75 Å². The van der Waals surface area contributed by atoms with Crippen molar-refractivity contribution in [2.75, 3.05) is 19.6 Å². The van der Waals surface area contributed by atoms with Gasteiger partial charge in [-0.2, -0.15) is 0 Å². The summed E-state index contributed by atoms with van der Waals surface area (Å²) >= 11 is 0. The number of halogens is 3. The fraction of sp³-hybridized carbons (Fsp3) is 0.286. The number of hydrogen-bond donors (Lipinski definition) is 3. The monoisotopic (exact) mass is 632 g/mol. The van der Waals surface area contributed by atoms with Crippen molar-refractivity contribution in [3.63, 3.8) is 0 Å². The molecular weight excluding hydrogens is 597 g/mol. The number of ether oxygens (including phenoxy) is 1. The maximum Gasteiger partial charge on any atom is 0.573 e. The molecule has 8 nitrogen and oxygen atoms in total. The molecule has 1 aliphatic heterocycles. The molecule has 46 heavy (non-hydrogen) atoms. The van der Waals surface area contributed by atoms with Crippen molar-refractivity contribution in [2.45, 2.75) is 43.8 Å². The Morgan fingerprint density at radius 3 is 2.43 bits per heavy atom. The van der Waals surface area contributed by atoms with Crippen molar-refractivity contribution in [1.82, 2.24) is 20.5 Å². The van der Waals surface area contributed by atoms with Crippen LogP contribution in [0.1, 0.15) is 49.9 Å². The van der Waals surface area contributed by atoms with Crippen LogP contribution in [0.3, 0.4) is 0 Å². The van der Waals surface area contributed by atoms with Gasteiger partial charge in [0.1, 0.15) is 5.75 Å². The quantitative estimate of drug-likeness (QED) is 0.201. The summed E-state index contributed by atoms with van der Waals surface area (Å²) in [4.78, 5) is 33.0. The Balaban J connectivity index is 1.22. The number of carbonyl (C=O) groups excluding carboxylic acids is 2. The summed E-state index contributed by atoms with van der Waals surface area (Å²) in [5.74, 6) is -0.787. The molecule has 3 unspecified atom stereocenters. The average molecular weight is 633 g/mol. The highest BCUT2D eigenvalue weighted by Crippen LogP contribution is 2.27. The van der Waals surface area contributed by atoms with E-state index in [-0.39, 0.29) is 36.2 Å². The van der Waals surface area contributed by atoms with Crippen LogP contribution in [0.4, 0.5) is 13.2 Å². The highest BCUT2D eigenvalue weighted by Gasteiger charge is 2.31. The van der Waals surface area contributed by atoms with Crippen LogP contribution >= 0.6 is 0 Å². The number of hydrogen-bond acceptors (Lipinski definition) is 6. The summed E-state index contributed by atoms with van der Waals surface area (Å²) in [5.41, 5.74) is 3.05. The molecule has 1 saturated heterocycles. The molecule has 240 valence electrons. The van der Waals surface area contributed by atoms with E-state index in [1.165, 1.54) is 18.2 Å². The van der Waals surface area contributed by atoms with Gasteiger partial charge in [0.25, 0.3) is 11.8 Å². The van der Waals surface area contributed by atoms with Gasteiger partial charge in [0.2, 0.25) is 0 Å². The van der Waals surface area contributed by atoms with E-state index >= 15 is 0 Å². The summed E-state index contributed by atoms with van der Waals surface area (Å²) < 4.78 is 41.8. The van der Waals surface area contributed by atoms with Crippen molar-refractivity contribution < 1.29 is 32.6 Å². The van der Waals surface area contributed by atoms with E-state index in [1.54, 1.807) is 41.4 Å². The van der Waals surface area contributed by atoms with Crippen LogP contribution in [0, 0.1) is 0 Å². The highest BCUT2D eigenvalue weighted by molar-refractivity contribution is 6.00. The molecule has 3 atom stereocenters. The molecule has 11 heteroatoms. The maximum atomic E-state index is 13.4. The lowest BCUT2D eigenvalue weighted by atomic mass is 10.00. The number of pyridine rings is 1. The maximum absolute atomic E-state index is 13.4. The zero-order valence-corrected chi connectivity index (χ0v) is 25.0. The minimum absolute atomic E-state index is 0.0487. The summed E-state index contributed by atoms with van der Waals surface area (Å²) in [6.45, 7) is 1.35. The number of aliphatic hydroxyl groups excluding tert-OH is 1. The van der Waals surface area contributed by atoms with Crippen molar-refractivity contribution in [1.29, 1.82) is 0 Å². The summed E-state index contributed by atoms with van der Waals surface area (Å²) in [7, 11) is 0. The number of aliphatic hydroxyl groups is 1. The normalized spacial score (nSPS) is 16.1. The standard InChI is InChI=1S/C35H35F3N4O4/c36-35(37,38)46-29-13-6-10-25(18-29)21-39-22-32(43)31(19-24-8-2-1-3-9-24)41-33(44)26-11-7-12-27(20-26)34(45)42-17-15-28(23-42)30-14-4-5-16-40-30/h1-14,16,18,20,28,31-32,39,43H,15,17,19,21-23H2,(H,41,44). The summed E-state index contributed by atoms with van der Waals surface area (Å²) in [6, 6.07) is 26.5. The van der Waals surface area contributed by atoms with Gasteiger partial charge >= 0.3 is 6.36 Å². The molecule has 0 spiro atoms. The Hall–Kier alpha value is -4.74. The zero-order valence-electron chi connectivity index (χ0n) is 25.0. The first-order chi connectivity index (χ1) is 22.1. The molecule has 1 aliphatic rings. The van der Waals surface area contributed by atoms with E-state index in [1.807, 2.05) is 48.5 Å². The van der Waals surface area contributed by atoms with Gasteiger partial charge in [-0.15, -0.1) is 13.2 Å². The molecule has 0 saturated carbocycles. The Bertz CT molecular complexity index is 1600. The van der Waals surface area contributed by atoms with Crippen LogP contribution < -0.4 is 15.4 Å². The minimum atomic E-state index is -4.80. The Morgan fingerprint density at radius 1 is 0.935 bits per heavy atom. The van der Waals surface area contributed by atoms with Crippen LogP contribution in [-0.4, -0.2) is 64.9 Å². The number of benzene rings is 3. The number of alkyl halides is 3. The molecular formula is C35H35F3N4O4. The Kier molecular flexibility index (Phi) is 10.7. The molecule has 4 aromatic rings. The van der Waals surface area contributed by atoms with E-state index in [0.29, 0.717) is 30.6 Å². The molecule has 2 heterocycles. The number of aromatic nitrogens is 1. The first-order valence-corrected chi connectivity index (χ1v) is 15.0. The highest BCUT2D eigenvalue weighted by atomic mass is 19.4. The molecule has 0 radical (unpaired) electrons. The molecule has 3 aromatic carbocycles. The van der Waals surface area contributed by atoms with E-state index in [9.17, 15) is 27.9 Å². The third kappa shape index (κ3) is 9.15. The molecule has 1 fully saturated rings. The zero-order chi connectivity index (χ0) is 32.5. The SMILES string of the molecule is O=C(NC(Cc1ccccc1)C(O)CNCc1cccc(OC(F)(F)F)c1)c1cccc(C(=O)N2CCC(c3ccccn3)C2)c1. The van der Waals surface area contributed by atoms with Gasteiger partial charge in [-0.1, -0.05) is 54.6 Å². The fourth-order valence-electron chi connectivity index (χ4n) is 5.54. The molecule has 3 N–H and O–H groups in total. The number of nitrogens with one attached hydrogen (secondary N) is 2. The second-order valence-electron chi connectivity index (χ2n) is 11.2. The molecule has 5 rings (SSSR count). The number of nitrogens with zero attached hydrogens (tertiary/aromatic N) is 2. The van der Waals surface area contributed by atoms with Crippen LogP contribution in [0.15, 0.2) is 103 Å². The number of carbonyl (C=O) groups is 2. The lowest BCUT2D eigenvalue weighted by Gasteiger charge is -2.25. The first-order valence-electron chi connectivity index (χ1n) is 15.0. The van der Waals surface area contributed by atoms with Crippen molar-refractivity contribution >= 4 is 11.8 Å². The van der Waals surface area contributed by atoms with Crippen LogP contribution in [-0.2, 0) is 13.0 Å².